The molecule has 1 unspecified atom stereocenters. The lowest BCUT2D eigenvalue weighted by molar-refractivity contribution is 0.382. The summed E-state index contributed by atoms with van der Waals surface area (Å²) in [4.78, 5) is 0. The molecule has 1 rings (SSSR count). The fourth-order valence-corrected chi connectivity index (χ4v) is 4.10. The monoisotopic (exact) mass is 310 g/mol. The molecule has 0 aromatic carbocycles. The molecule has 21 heavy (non-hydrogen) atoms. The molecule has 1 atom stereocenters. The quantitative estimate of drug-likeness (QED) is 0.496. The summed E-state index contributed by atoms with van der Waals surface area (Å²) in [6.07, 6.45) is 19.1. The molecule has 0 amide bonds. The lowest BCUT2D eigenvalue weighted by Crippen LogP contribution is -2.25. The lowest BCUT2D eigenvalue weighted by atomic mass is 10.0. The zero-order valence-corrected chi connectivity index (χ0v) is 16.0. The molecule has 0 N–H and O–H groups in total. The zero-order valence-electron chi connectivity index (χ0n) is 15.0. The van der Waals surface area contributed by atoms with E-state index < -0.39 is 8.32 Å². The van der Waals surface area contributed by atoms with Crippen LogP contribution in [-0.4, -0.2) is 8.32 Å². The van der Waals surface area contributed by atoms with Gasteiger partial charge in [0.05, 0.1) is 5.76 Å². The van der Waals surface area contributed by atoms with Crippen LogP contribution in [0.2, 0.25) is 19.6 Å². The third kappa shape index (κ3) is 11.0. The van der Waals surface area contributed by atoms with Crippen LogP contribution >= 0.6 is 0 Å². The summed E-state index contributed by atoms with van der Waals surface area (Å²) in [5.41, 5.74) is 0. The first kappa shape index (κ1) is 18.8. The molecule has 0 fully saturated rings. The summed E-state index contributed by atoms with van der Waals surface area (Å²) in [5.74, 6) is 1.98. The van der Waals surface area contributed by atoms with Crippen LogP contribution in [0.4, 0.5) is 0 Å². The largest absolute Gasteiger partial charge is 0.548 e. The van der Waals surface area contributed by atoms with Gasteiger partial charge in [-0.25, -0.2) is 0 Å². The van der Waals surface area contributed by atoms with E-state index in [1.807, 2.05) is 0 Å². The Morgan fingerprint density at radius 1 is 0.810 bits per heavy atom. The molecule has 124 valence electrons. The van der Waals surface area contributed by atoms with Crippen LogP contribution in [0.25, 0.3) is 0 Å². The highest BCUT2D eigenvalue weighted by atomic mass is 28.4. The molecule has 0 heterocycles. The molecular weight excluding hydrogens is 272 g/mol. The minimum Gasteiger partial charge on any atom is -0.548 e. The molecule has 0 radical (unpaired) electrons. The topological polar surface area (TPSA) is 9.23 Å². The van der Waals surface area contributed by atoms with Gasteiger partial charge in [-0.1, -0.05) is 64.7 Å². The van der Waals surface area contributed by atoms with Gasteiger partial charge in [-0.3, -0.25) is 0 Å². The van der Waals surface area contributed by atoms with E-state index in [-0.39, 0.29) is 0 Å². The van der Waals surface area contributed by atoms with Crippen LogP contribution in [0.1, 0.15) is 84.0 Å². The first-order valence-corrected chi connectivity index (χ1v) is 12.8. The second kappa shape index (κ2) is 10.5. The highest BCUT2D eigenvalue weighted by Gasteiger charge is 2.18. The van der Waals surface area contributed by atoms with Crippen LogP contribution < -0.4 is 0 Å². The highest BCUT2D eigenvalue weighted by Crippen LogP contribution is 2.22. The van der Waals surface area contributed by atoms with E-state index in [4.69, 9.17) is 4.43 Å². The van der Waals surface area contributed by atoms with Crippen LogP contribution in [0, 0.1) is 5.92 Å². The first-order chi connectivity index (χ1) is 9.97. The van der Waals surface area contributed by atoms with Crippen molar-refractivity contribution in [3.8, 4) is 0 Å². The summed E-state index contributed by atoms with van der Waals surface area (Å²) >= 11 is 0. The van der Waals surface area contributed by atoms with Crippen LogP contribution in [-0.2, 0) is 4.43 Å². The van der Waals surface area contributed by atoms with Gasteiger partial charge in [0, 0.05) is 6.42 Å². The fraction of sp³-hybridized carbons (Fsp3) is 0.895. The van der Waals surface area contributed by atoms with E-state index in [1.165, 1.54) is 76.4 Å². The fourth-order valence-electron chi connectivity index (χ4n) is 3.14. The molecule has 1 nitrogen and oxygen atoms in total. The number of hydrogen-bond donors (Lipinski definition) is 0. The van der Waals surface area contributed by atoms with Crippen LogP contribution in [0.15, 0.2) is 11.8 Å². The van der Waals surface area contributed by atoms with Gasteiger partial charge in [0.1, 0.15) is 0 Å². The van der Waals surface area contributed by atoms with Gasteiger partial charge in [-0.15, -0.1) is 0 Å². The van der Waals surface area contributed by atoms with E-state index in [1.54, 1.807) is 0 Å². The van der Waals surface area contributed by atoms with E-state index in [0.717, 1.165) is 6.42 Å². The standard InChI is InChI=1S/C19H38OSi/c1-18-15-13-11-9-7-5-6-8-10-12-14-16-19(17-18)20-21(2,3)4/h17-18H,5-16H2,1-4H3/b19-17-. The molecule has 0 saturated heterocycles. The average molecular weight is 311 g/mol. The Labute approximate surface area is 134 Å². The maximum absolute atomic E-state index is 6.33. The van der Waals surface area contributed by atoms with Crippen molar-refractivity contribution in [2.75, 3.05) is 0 Å². The van der Waals surface area contributed by atoms with Gasteiger partial charge in [0.15, 0.2) is 0 Å². The van der Waals surface area contributed by atoms with Crippen molar-refractivity contribution in [2.45, 2.75) is 104 Å². The highest BCUT2D eigenvalue weighted by molar-refractivity contribution is 6.70. The summed E-state index contributed by atoms with van der Waals surface area (Å²) in [5, 5.41) is 0. The Morgan fingerprint density at radius 2 is 1.29 bits per heavy atom. The molecule has 0 saturated carbocycles. The van der Waals surface area contributed by atoms with E-state index in [9.17, 15) is 0 Å². The number of allylic oxidation sites excluding steroid dienone is 2. The summed E-state index contributed by atoms with van der Waals surface area (Å²) < 4.78 is 6.33. The number of hydrogen-bond acceptors (Lipinski definition) is 1. The van der Waals surface area contributed by atoms with Crippen LogP contribution in [0.3, 0.4) is 0 Å². The smallest absolute Gasteiger partial charge is 0.241 e. The van der Waals surface area contributed by atoms with Crippen molar-refractivity contribution in [1.29, 1.82) is 0 Å². The molecule has 1 aliphatic rings. The first-order valence-electron chi connectivity index (χ1n) is 9.37. The normalized spacial score (nSPS) is 27.0. The van der Waals surface area contributed by atoms with Gasteiger partial charge in [-0.2, -0.15) is 0 Å². The summed E-state index contributed by atoms with van der Waals surface area (Å²) in [6, 6.07) is 0. The van der Waals surface area contributed by atoms with Crippen molar-refractivity contribution < 1.29 is 4.43 Å². The van der Waals surface area contributed by atoms with Gasteiger partial charge in [0.25, 0.3) is 0 Å². The molecular formula is C19H38OSi. The number of rotatable bonds is 2. The molecule has 0 aromatic heterocycles. The van der Waals surface area contributed by atoms with Crippen molar-refractivity contribution in [3.05, 3.63) is 11.8 Å². The molecule has 0 aliphatic heterocycles. The minimum atomic E-state index is -1.46. The predicted molar refractivity (Wildman–Crippen MR) is 97.1 cm³/mol. The van der Waals surface area contributed by atoms with E-state index in [0.29, 0.717) is 5.92 Å². The third-order valence-electron chi connectivity index (χ3n) is 4.24. The Kier molecular flexibility index (Phi) is 9.38. The SMILES string of the molecule is CC1/C=C(\O[Si](C)(C)C)CCCCCCCCCCCC1. The maximum atomic E-state index is 6.33. The summed E-state index contributed by atoms with van der Waals surface area (Å²) in [7, 11) is -1.46. The van der Waals surface area contributed by atoms with E-state index >= 15 is 0 Å². The maximum Gasteiger partial charge on any atom is 0.241 e. The zero-order chi connectivity index (χ0) is 15.6. The summed E-state index contributed by atoms with van der Waals surface area (Å²) in [6.45, 7) is 9.27. The molecule has 2 heteroatoms. The predicted octanol–water partition coefficient (Wildman–Crippen LogP) is 7.05. The van der Waals surface area contributed by atoms with Gasteiger partial charge in [-0.05, 0) is 44.5 Å². The van der Waals surface area contributed by atoms with Gasteiger partial charge < -0.3 is 4.43 Å². The van der Waals surface area contributed by atoms with Crippen molar-refractivity contribution in [2.24, 2.45) is 5.92 Å². The van der Waals surface area contributed by atoms with Crippen molar-refractivity contribution in [3.63, 3.8) is 0 Å². The van der Waals surface area contributed by atoms with Crippen molar-refractivity contribution in [1.82, 2.24) is 0 Å². The van der Waals surface area contributed by atoms with Gasteiger partial charge >= 0.3 is 0 Å². The molecule has 0 aromatic rings. The Hall–Kier alpha value is -0.243. The Balaban J connectivity index is 2.54. The Morgan fingerprint density at radius 3 is 1.81 bits per heavy atom. The molecule has 0 bridgehead atoms. The second-order valence-corrected chi connectivity index (χ2v) is 12.3. The second-order valence-electron chi connectivity index (χ2n) is 7.90. The van der Waals surface area contributed by atoms with Crippen molar-refractivity contribution >= 4 is 8.32 Å². The Bertz CT molecular complexity index is 290. The lowest BCUT2D eigenvalue weighted by Gasteiger charge is -2.23. The molecule has 0 spiro atoms. The third-order valence-corrected chi connectivity index (χ3v) is 5.11. The minimum absolute atomic E-state index is 0.682. The molecule has 1 aliphatic carbocycles. The van der Waals surface area contributed by atoms with Gasteiger partial charge in [0.2, 0.25) is 8.32 Å². The average Bonchev–Trinajstić information content (AvgIpc) is 2.37. The van der Waals surface area contributed by atoms with Crippen LogP contribution in [0.5, 0.6) is 0 Å². The van der Waals surface area contributed by atoms with E-state index in [2.05, 4.69) is 32.6 Å².